The lowest BCUT2D eigenvalue weighted by Gasteiger charge is -2.58. The van der Waals surface area contributed by atoms with E-state index in [0.717, 1.165) is 25.7 Å². The van der Waals surface area contributed by atoms with Crippen LogP contribution in [0.5, 0.6) is 17.2 Å². The number of allylic oxidation sites excluding steroid dienone is 2. The van der Waals surface area contributed by atoms with Crippen LogP contribution in [0.1, 0.15) is 69.3 Å². The predicted molar refractivity (Wildman–Crippen MR) is 108 cm³/mol. The number of esters is 1. The van der Waals surface area contributed by atoms with Gasteiger partial charge in [0.2, 0.25) is 5.75 Å². The highest BCUT2D eigenvalue weighted by molar-refractivity contribution is 5.94. The fourth-order valence-corrected chi connectivity index (χ4v) is 5.72. The van der Waals surface area contributed by atoms with Crippen LogP contribution in [-0.4, -0.2) is 28.4 Å². The molecule has 154 valence electrons. The summed E-state index contributed by atoms with van der Waals surface area (Å²) in [6, 6.07) is 1.46. The number of benzene rings is 1. The van der Waals surface area contributed by atoms with Crippen LogP contribution >= 0.6 is 0 Å². The van der Waals surface area contributed by atoms with Gasteiger partial charge in [0.25, 0.3) is 0 Å². The van der Waals surface area contributed by atoms with Crippen molar-refractivity contribution in [3.63, 3.8) is 0 Å². The van der Waals surface area contributed by atoms with Crippen LogP contribution in [0.3, 0.4) is 0 Å². The minimum Gasteiger partial charge on any atom is -0.504 e. The van der Waals surface area contributed by atoms with Gasteiger partial charge in [0.15, 0.2) is 11.5 Å². The highest BCUT2D eigenvalue weighted by Gasteiger charge is 2.53. The van der Waals surface area contributed by atoms with Gasteiger partial charge in [-0.2, -0.15) is 0 Å². The molecule has 0 saturated heterocycles. The van der Waals surface area contributed by atoms with E-state index in [-0.39, 0.29) is 22.1 Å². The van der Waals surface area contributed by atoms with E-state index < -0.39 is 17.5 Å². The Morgan fingerprint density at radius 1 is 1.18 bits per heavy atom. The van der Waals surface area contributed by atoms with Gasteiger partial charge in [0.05, 0.1) is 7.11 Å². The Morgan fingerprint density at radius 3 is 2.50 bits per heavy atom. The quantitative estimate of drug-likeness (QED) is 0.388. The number of ether oxygens (including phenoxy) is 1. The summed E-state index contributed by atoms with van der Waals surface area (Å²) < 4.78 is 4.72. The molecule has 0 bridgehead atoms. The molecule has 5 nitrogen and oxygen atoms in total. The molecular formula is C23H32O5. The summed E-state index contributed by atoms with van der Waals surface area (Å²) >= 11 is 0. The van der Waals surface area contributed by atoms with Gasteiger partial charge in [0.1, 0.15) is 5.56 Å². The molecule has 0 radical (unpaired) electrons. The molecule has 5 heteroatoms. The normalized spacial score (nSPS) is 32.4. The standard InChI is InChI=1S/C23H32O5/c1-13-7-6-8-17-22(13,3)10-9-14(2)23(17,4)12-15-11-16(21(27)28-5)19(25)20(26)18(15)24/h7,11,14,17,24-26H,6,8-10,12H2,1-5H3. The maximum absolute atomic E-state index is 12.0. The van der Waals surface area contributed by atoms with Crippen molar-refractivity contribution in [2.45, 2.75) is 59.8 Å². The molecule has 0 heterocycles. The van der Waals surface area contributed by atoms with Crippen LogP contribution in [0.15, 0.2) is 17.7 Å². The number of aromatic hydroxyl groups is 3. The van der Waals surface area contributed by atoms with Crippen LogP contribution < -0.4 is 0 Å². The van der Waals surface area contributed by atoms with E-state index in [1.54, 1.807) is 0 Å². The fourth-order valence-electron chi connectivity index (χ4n) is 5.72. The molecule has 4 atom stereocenters. The van der Waals surface area contributed by atoms with E-state index in [0.29, 0.717) is 23.8 Å². The molecule has 1 fully saturated rings. The molecule has 0 amide bonds. The number of hydrogen-bond acceptors (Lipinski definition) is 5. The SMILES string of the molecule is COC(=O)c1cc(CC2(C)C(C)CCC3(C)C(C)=CCCC32)c(O)c(O)c1O. The first kappa shape index (κ1) is 20.6. The van der Waals surface area contributed by atoms with E-state index in [9.17, 15) is 20.1 Å². The van der Waals surface area contributed by atoms with Crippen LogP contribution in [-0.2, 0) is 11.2 Å². The van der Waals surface area contributed by atoms with E-state index >= 15 is 0 Å². The van der Waals surface area contributed by atoms with Crippen molar-refractivity contribution < 1.29 is 24.9 Å². The van der Waals surface area contributed by atoms with Gasteiger partial charge in [-0.3, -0.25) is 0 Å². The first-order chi connectivity index (χ1) is 13.1. The Kier molecular flexibility index (Phi) is 5.15. The van der Waals surface area contributed by atoms with Crippen molar-refractivity contribution in [3.05, 3.63) is 28.8 Å². The molecule has 2 aliphatic rings. The number of hydrogen-bond donors (Lipinski definition) is 3. The summed E-state index contributed by atoms with van der Waals surface area (Å²) in [6.45, 7) is 9.09. The Bertz CT molecular complexity index is 827. The second-order valence-electron chi connectivity index (χ2n) is 9.18. The molecule has 2 aliphatic carbocycles. The lowest BCUT2D eigenvalue weighted by molar-refractivity contribution is -0.0412. The van der Waals surface area contributed by atoms with Crippen LogP contribution in [0, 0.1) is 22.7 Å². The second kappa shape index (κ2) is 7.02. The highest BCUT2D eigenvalue weighted by atomic mass is 16.5. The largest absolute Gasteiger partial charge is 0.504 e. The molecule has 3 N–H and O–H groups in total. The zero-order valence-electron chi connectivity index (χ0n) is 17.5. The third-order valence-electron chi connectivity index (χ3n) is 7.90. The van der Waals surface area contributed by atoms with Crippen molar-refractivity contribution >= 4 is 5.97 Å². The highest BCUT2D eigenvalue weighted by Crippen LogP contribution is 2.61. The van der Waals surface area contributed by atoms with E-state index in [2.05, 4.69) is 33.8 Å². The average Bonchev–Trinajstić information content (AvgIpc) is 2.67. The lowest BCUT2D eigenvalue weighted by Crippen LogP contribution is -2.50. The van der Waals surface area contributed by atoms with Crippen molar-refractivity contribution in [1.82, 2.24) is 0 Å². The Hall–Kier alpha value is -2.17. The van der Waals surface area contributed by atoms with Crippen LogP contribution in [0.25, 0.3) is 0 Å². The van der Waals surface area contributed by atoms with Gasteiger partial charge >= 0.3 is 5.97 Å². The van der Waals surface area contributed by atoms with Crippen molar-refractivity contribution in [3.8, 4) is 17.2 Å². The molecule has 4 unspecified atom stereocenters. The Morgan fingerprint density at radius 2 is 1.86 bits per heavy atom. The van der Waals surface area contributed by atoms with Crippen molar-refractivity contribution in [2.75, 3.05) is 7.11 Å². The number of carbonyl (C=O) groups is 1. The minimum atomic E-state index is -0.739. The Balaban J connectivity index is 2.07. The van der Waals surface area contributed by atoms with Gasteiger partial charge < -0.3 is 20.1 Å². The summed E-state index contributed by atoms with van der Waals surface area (Å²) in [5.74, 6) is -1.53. The summed E-state index contributed by atoms with van der Waals surface area (Å²) in [5, 5.41) is 30.8. The summed E-state index contributed by atoms with van der Waals surface area (Å²) in [4.78, 5) is 12.0. The van der Waals surface area contributed by atoms with E-state index in [4.69, 9.17) is 4.74 Å². The second-order valence-corrected chi connectivity index (χ2v) is 9.18. The van der Waals surface area contributed by atoms with Gasteiger partial charge in [-0.15, -0.1) is 0 Å². The molecule has 3 rings (SSSR count). The average molecular weight is 389 g/mol. The topological polar surface area (TPSA) is 87.0 Å². The Labute approximate surface area is 167 Å². The van der Waals surface area contributed by atoms with Gasteiger partial charge in [-0.05, 0) is 73.3 Å². The molecule has 1 saturated carbocycles. The molecule has 1 aromatic rings. The number of rotatable bonds is 3. The number of phenolic OH excluding ortho intramolecular Hbond substituents is 3. The van der Waals surface area contributed by atoms with Gasteiger partial charge in [-0.1, -0.05) is 32.4 Å². The van der Waals surface area contributed by atoms with Crippen molar-refractivity contribution in [2.24, 2.45) is 22.7 Å². The zero-order chi connectivity index (χ0) is 20.9. The number of fused-ring (bicyclic) bond motifs is 1. The lowest BCUT2D eigenvalue weighted by atomic mass is 9.47. The van der Waals surface area contributed by atoms with Crippen molar-refractivity contribution in [1.29, 1.82) is 0 Å². The van der Waals surface area contributed by atoms with E-state index in [1.165, 1.54) is 18.7 Å². The monoisotopic (exact) mass is 388 g/mol. The molecular weight excluding hydrogens is 356 g/mol. The first-order valence-electron chi connectivity index (χ1n) is 10.1. The molecule has 1 aromatic carbocycles. The number of phenols is 3. The number of carbonyl (C=O) groups excluding carboxylic acids is 1. The zero-order valence-corrected chi connectivity index (χ0v) is 17.5. The summed E-state index contributed by atoms with van der Waals surface area (Å²) in [6.07, 6.45) is 7.25. The first-order valence-corrected chi connectivity index (χ1v) is 10.1. The fraction of sp³-hybridized carbons (Fsp3) is 0.609. The third-order valence-corrected chi connectivity index (χ3v) is 7.90. The molecule has 0 spiro atoms. The maximum Gasteiger partial charge on any atom is 0.341 e. The summed E-state index contributed by atoms with van der Waals surface area (Å²) in [7, 11) is 1.22. The third kappa shape index (κ3) is 2.96. The smallest absolute Gasteiger partial charge is 0.341 e. The predicted octanol–water partition coefficient (Wildman–Crippen LogP) is 4.93. The molecule has 28 heavy (non-hydrogen) atoms. The van der Waals surface area contributed by atoms with Crippen LogP contribution in [0.2, 0.25) is 0 Å². The van der Waals surface area contributed by atoms with Crippen LogP contribution in [0.4, 0.5) is 0 Å². The molecule has 0 aromatic heterocycles. The maximum atomic E-state index is 12.0. The molecule has 0 aliphatic heterocycles. The van der Waals surface area contributed by atoms with Gasteiger partial charge in [0, 0.05) is 0 Å². The number of methoxy groups -OCH3 is 1. The summed E-state index contributed by atoms with van der Waals surface area (Å²) in [5.41, 5.74) is 1.80. The van der Waals surface area contributed by atoms with Gasteiger partial charge in [-0.25, -0.2) is 4.79 Å². The minimum absolute atomic E-state index is 0.114. The van der Waals surface area contributed by atoms with E-state index in [1.807, 2.05) is 0 Å².